The molecule has 0 aromatic heterocycles. The van der Waals surface area contributed by atoms with Crippen molar-refractivity contribution in [3.05, 3.63) is 53.1 Å². The van der Waals surface area contributed by atoms with Crippen LogP contribution >= 0.6 is 0 Å². The average Bonchev–Trinajstić information content (AvgIpc) is 2.62. The number of rotatable bonds is 4. The molecule has 6 heteroatoms. The van der Waals surface area contributed by atoms with Gasteiger partial charge in [0.15, 0.2) is 0 Å². The number of hydrogen-bond donors (Lipinski definition) is 2. The van der Waals surface area contributed by atoms with Gasteiger partial charge in [-0.15, -0.1) is 0 Å². The van der Waals surface area contributed by atoms with E-state index in [1.165, 1.54) is 6.08 Å². The van der Waals surface area contributed by atoms with Gasteiger partial charge in [-0.1, -0.05) is 23.8 Å². The summed E-state index contributed by atoms with van der Waals surface area (Å²) < 4.78 is 5.34. The Bertz CT molecular complexity index is 744. The average molecular weight is 343 g/mol. The number of aliphatic carboxylic acids is 2. The van der Waals surface area contributed by atoms with E-state index in [-0.39, 0.29) is 12.0 Å². The van der Waals surface area contributed by atoms with E-state index in [9.17, 15) is 19.8 Å². The molecule has 0 spiro atoms. The van der Waals surface area contributed by atoms with Gasteiger partial charge in [-0.25, -0.2) is 4.79 Å². The zero-order valence-electron chi connectivity index (χ0n) is 14.1. The number of hydrogen-bond acceptors (Lipinski definition) is 4. The fourth-order valence-corrected chi connectivity index (χ4v) is 3.48. The number of carboxylic acids is 2. The van der Waals surface area contributed by atoms with Crippen molar-refractivity contribution < 1.29 is 24.5 Å². The van der Waals surface area contributed by atoms with E-state index >= 15 is 0 Å². The van der Waals surface area contributed by atoms with Crippen LogP contribution in [0, 0.1) is 0 Å². The quantitative estimate of drug-likeness (QED) is 0.872. The van der Waals surface area contributed by atoms with E-state index in [1.54, 1.807) is 25.1 Å². The number of benzene rings is 1. The number of allylic oxidation sites excluding steroid dienone is 2. The van der Waals surface area contributed by atoms with Crippen LogP contribution in [-0.2, 0) is 19.7 Å². The molecule has 0 saturated carbocycles. The number of ether oxygens (including phenoxy) is 1. The molecule has 1 aliphatic heterocycles. The van der Waals surface area contributed by atoms with Gasteiger partial charge < -0.3 is 19.8 Å². The molecule has 1 aliphatic carbocycles. The molecule has 6 nitrogen and oxygen atoms in total. The third-order valence-corrected chi connectivity index (χ3v) is 4.76. The minimum atomic E-state index is -1.35. The second-order valence-corrected chi connectivity index (χ2v) is 6.46. The van der Waals surface area contributed by atoms with Crippen molar-refractivity contribution in [1.82, 2.24) is 0 Å². The van der Waals surface area contributed by atoms with Crippen molar-refractivity contribution in [3.8, 4) is 0 Å². The van der Waals surface area contributed by atoms with Crippen molar-refractivity contribution in [3.63, 3.8) is 0 Å². The highest BCUT2D eigenvalue weighted by Gasteiger charge is 2.42. The Morgan fingerprint density at radius 2 is 1.76 bits per heavy atom. The van der Waals surface area contributed by atoms with Gasteiger partial charge in [0.25, 0.3) is 0 Å². The van der Waals surface area contributed by atoms with Crippen LogP contribution in [-0.4, -0.2) is 48.5 Å². The van der Waals surface area contributed by atoms with E-state index in [4.69, 9.17) is 4.74 Å². The summed E-state index contributed by atoms with van der Waals surface area (Å²) in [6, 6.07) is 7.36. The Hall–Kier alpha value is -2.60. The molecule has 1 fully saturated rings. The van der Waals surface area contributed by atoms with Crippen LogP contribution in [0.3, 0.4) is 0 Å². The Morgan fingerprint density at radius 3 is 2.32 bits per heavy atom. The highest BCUT2D eigenvalue weighted by molar-refractivity contribution is 5.93. The Balaban J connectivity index is 1.95. The Morgan fingerprint density at radius 1 is 1.12 bits per heavy atom. The largest absolute Gasteiger partial charge is 0.480 e. The highest BCUT2D eigenvalue weighted by atomic mass is 16.5. The zero-order chi connectivity index (χ0) is 18.0. The molecule has 1 aromatic carbocycles. The monoisotopic (exact) mass is 343 g/mol. The minimum absolute atomic E-state index is 0.0636. The lowest BCUT2D eigenvalue weighted by Crippen LogP contribution is -2.38. The number of carbonyl (C=O) groups is 2. The molecule has 1 atom stereocenters. The number of nitrogens with zero attached hydrogens (tertiary/aromatic N) is 1. The van der Waals surface area contributed by atoms with Gasteiger partial charge in [0.05, 0.1) is 13.2 Å². The summed E-state index contributed by atoms with van der Waals surface area (Å²) in [5, 5.41) is 19.2. The molecule has 1 aromatic rings. The molecule has 1 heterocycles. The van der Waals surface area contributed by atoms with E-state index in [1.807, 2.05) is 12.1 Å². The van der Waals surface area contributed by atoms with Crippen LogP contribution in [0.5, 0.6) is 0 Å². The van der Waals surface area contributed by atoms with Gasteiger partial charge in [0.2, 0.25) is 0 Å². The van der Waals surface area contributed by atoms with Crippen molar-refractivity contribution >= 4 is 17.6 Å². The standard InChI is InChI=1S/C19H21NO5/c1-13-10-14(17(21)22)12-19(11-13,18(23)24)15-2-4-16(5-3-15)20-6-8-25-9-7-20/h2-5,10-11H,6-9,12H2,1H3,(H,21,22)(H,23,24). The molecule has 0 amide bonds. The van der Waals surface area contributed by atoms with Gasteiger partial charge in [-0.3, -0.25) is 4.79 Å². The Kier molecular flexibility index (Phi) is 4.63. The minimum Gasteiger partial charge on any atom is -0.480 e. The zero-order valence-corrected chi connectivity index (χ0v) is 14.1. The van der Waals surface area contributed by atoms with Crippen molar-refractivity contribution in [2.75, 3.05) is 31.2 Å². The first-order chi connectivity index (χ1) is 11.9. The lowest BCUT2D eigenvalue weighted by atomic mass is 9.71. The van der Waals surface area contributed by atoms with Gasteiger partial charge in [-0.05, 0) is 30.7 Å². The lowest BCUT2D eigenvalue weighted by Gasteiger charge is -2.32. The van der Waals surface area contributed by atoms with E-state index in [0.29, 0.717) is 24.4 Å². The van der Waals surface area contributed by atoms with Gasteiger partial charge in [0.1, 0.15) is 5.41 Å². The smallest absolute Gasteiger partial charge is 0.331 e. The van der Waals surface area contributed by atoms with Gasteiger partial charge >= 0.3 is 11.9 Å². The summed E-state index contributed by atoms with van der Waals surface area (Å²) in [6.07, 6.45) is 3.11. The maximum atomic E-state index is 12.1. The first-order valence-corrected chi connectivity index (χ1v) is 8.22. The van der Waals surface area contributed by atoms with Crippen LogP contribution in [0.1, 0.15) is 18.9 Å². The molecular weight excluding hydrogens is 322 g/mol. The molecule has 1 unspecified atom stereocenters. The number of morpholine rings is 1. The van der Waals surface area contributed by atoms with Crippen LogP contribution in [0.4, 0.5) is 5.69 Å². The molecule has 2 aliphatic rings. The Labute approximate surface area is 146 Å². The third kappa shape index (κ3) is 3.30. The molecule has 25 heavy (non-hydrogen) atoms. The molecular formula is C19H21NO5. The van der Waals surface area contributed by atoms with Crippen LogP contribution < -0.4 is 4.90 Å². The topological polar surface area (TPSA) is 87.1 Å². The summed E-state index contributed by atoms with van der Waals surface area (Å²) in [4.78, 5) is 25.7. The summed E-state index contributed by atoms with van der Waals surface area (Å²) in [5.74, 6) is -2.12. The van der Waals surface area contributed by atoms with Crippen molar-refractivity contribution in [2.24, 2.45) is 0 Å². The first-order valence-electron chi connectivity index (χ1n) is 8.22. The molecule has 0 radical (unpaired) electrons. The predicted molar refractivity (Wildman–Crippen MR) is 92.9 cm³/mol. The van der Waals surface area contributed by atoms with Gasteiger partial charge in [0, 0.05) is 30.8 Å². The number of anilines is 1. The van der Waals surface area contributed by atoms with E-state index in [2.05, 4.69) is 4.90 Å². The first kappa shape index (κ1) is 17.2. The molecule has 1 saturated heterocycles. The molecule has 132 valence electrons. The molecule has 3 rings (SSSR count). The second-order valence-electron chi connectivity index (χ2n) is 6.46. The summed E-state index contributed by atoms with van der Waals surface area (Å²) in [5.41, 5.74) is 1.00. The summed E-state index contributed by atoms with van der Waals surface area (Å²) in [6.45, 7) is 4.68. The molecule has 2 N–H and O–H groups in total. The summed E-state index contributed by atoms with van der Waals surface area (Å²) >= 11 is 0. The van der Waals surface area contributed by atoms with Gasteiger partial charge in [-0.2, -0.15) is 0 Å². The van der Waals surface area contributed by atoms with Crippen LogP contribution in [0.15, 0.2) is 47.6 Å². The third-order valence-electron chi connectivity index (χ3n) is 4.76. The van der Waals surface area contributed by atoms with E-state index < -0.39 is 17.4 Å². The second kappa shape index (κ2) is 6.72. The lowest BCUT2D eigenvalue weighted by molar-refractivity contribution is -0.142. The maximum Gasteiger partial charge on any atom is 0.331 e. The SMILES string of the molecule is CC1=CC(C(=O)O)(c2ccc(N3CCOCC3)cc2)CC(C(=O)O)=C1. The van der Waals surface area contributed by atoms with Crippen molar-refractivity contribution in [1.29, 1.82) is 0 Å². The normalized spacial score (nSPS) is 23.6. The van der Waals surface area contributed by atoms with Crippen LogP contribution in [0.25, 0.3) is 0 Å². The van der Waals surface area contributed by atoms with Crippen LogP contribution in [0.2, 0.25) is 0 Å². The fourth-order valence-electron chi connectivity index (χ4n) is 3.48. The predicted octanol–water partition coefficient (Wildman–Crippen LogP) is 2.21. The maximum absolute atomic E-state index is 12.1. The van der Waals surface area contributed by atoms with E-state index in [0.717, 1.165) is 18.8 Å². The molecule has 0 bridgehead atoms. The number of carboxylic acid groups (broad SMARTS) is 2. The summed E-state index contributed by atoms with van der Waals surface area (Å²) in [7, 11) is 0. The fraction of sp³-hybridized carbons (Fsp3) is 0.368. The highest BCUT2D eigenvalue weighted by Crippen LogP contribution is 2.39. The van der Waals surface area contributed by atoms with Crippen molar-refractivity contribution in [2.45, 2.75) is 18.8 Å².